The fourth-order valence-corrected chi connectivity index (χ4v) is 1.74. The smallest absolute Gasteiger partial charge is 0.314 e. The Morgan fingerprint density at radius 1 is 1.39 bits per heavy atom. The molecule has 5 nitrogen and oxygen atoms in total. The molecule has 0 saturated heterocycles. The summed E-state index contributed by atoms with van der Waals surface area (Å²) in [5.74, 6) is 0. The second kappa shape index (κ2) is 6.05. The van der Waals surface area contributed by atoms with Crippen LogP contribution < -0.4 is 10.6 Å². The molecule has 5 heteroatoms. The predicted octanol–water partition coefficient (Wildman–Crippen LogP) is 2.08. The van der Waals surface area contributed by atoms with Gasteiger partial charge in [-0.1, -0.05) is 6.92 Å². The van der Waals surface area contributed by atoms with E-state index in [0.29, 0.717) is 13.1 Å². The van der Waals surface area contributed by atoms with Crippen LogP contribution in [0.1, 0.15) is 18.9 Å². The van der Waals surface area contributed by atoms with E-state index in [9.17, 15) is 4.79 Å². The van der Waals surface area contributed by atoms with Crippen molar-refractivity contribution in [2.45, 2.75) is 19.8 Å². The maximum Gasteiger partial charge on any atom is 0.314 e. The number of nitrogens with one attached hydrogen (secondary N) is 2. The number of hydrogen-bond acceptors (Lipinski definition) is 3. The number of pyridine rings is 1. The normalized spacial score (nSPS) is 10.5. The Labute approximate surface area is 106 Å². The van der Waals surface area contributed by atoms with Crippen LogP contribution in [0.3, 0.4) is 0 Å². The monoisotopic (exact) mass is 247 g/mol. The van der Waals surface area contributed by atoms with Crippen molar-refractivity contribution in [2.75, 3.05) is 13.1 Å². The molecule has 18 heavy (non-hydrogen) atoms. The molecule has 0 aromatic carbocycles. The standard InChI is InChI=1S/C13H17N3O2/c1-2-5-15-13(17)16-7-3-10-9-18-12-8-14-6-4-11(10)12/h4,6,8-9H,2-3,5,7H2,1H3,(H2,15,16,17). The van der Waals surface area contributed by atoms with Crippen LogP contribution >= 0.6 is 0 Å². The third-order valence-corrected chi connectivity index (χ3v) is 2.67. The van der Waals surface area contributed by atoms with E-state index in [1.54, 1.807) is 18.7 Å². The topological polar surface area (TPSA) is 67.2 Å². The SMILES string of the molecule is CCCNC(=O)NCCc1coc2cnccc12. The third-order valence-electron chi connectivity index (χ3n) is 2.67. The molecule has 2 aromatic rings. The summed E-state index contributed by atoms with van der Waals surface area (Å²) in [7, 11) is 0. The molecule has 0 atom stereocenters. The van der Waals surface area contributed by atoms with Gasteiger partial charge in [-0.15, -0.1) is 0 Å². The van der Waals surface area contributed by atoms with Crippen molar-refractivity contribution in [2.24, 2.45) is 0 Å². The fraction of sp³-hybridized carbons (Fsp3) is 0.385. The Balaban J connectivity index is 1.85. The van der Waals surface area contributed by atoms with Crippen LogP contribution in [-0.2, 0) is 6.42 Å². The number of amides is 2. The number of carbonyl (C=O) groups is 1. The van der Waals surface area contributed by atoms with Gasteiger partial charge < -0.3 is 15.1 Å². The maximum atomic E-state index is 11.3. The fourth-order valence-electron chi connectivity index (χ4n) is 1.74. The lowest BCUT2D eigenvalue weighted by Crippen LogP contribution is -2.36. The van der Waals surface area contributed by atoms with E-state index in [1.807, 2.05) is 13.0 Å². The molecule has 0 bridgehead atoms. The van der Waals surface area contributed by atoms with Crippen molar-refractivity contribution in [3.63, 3.8) is 0 Å². The van der Waals surface area contributed by atoms with E-state index in [1.165, 1.54) is 0 Å². The molecule has 0 aliphatic heterocycles. The number of hydrogen-bond donors (Lipinski definition) is 2. The van der Waals surface area contributed by atoms with Gasteiger partial charge in [0.15, 0.2) is 5.58 Å². The number of urea groups is 1. The van der Waals surface area contributed by atoms with Crippen LogP contribution in [0.5, 0.6) is 0 Å². The first kappa shape index (κ1) is 12.4. The average Bonchev–Trinajstić information content (AvgIpc) is 2.80. The Kier molecular flexibility index (Phi) is 4.17. The summed E-state index contributed by atoms with van der Waals surface area (Å²) in [5, 5.41) is 6.64. The van der Waals surface area contributed by atoms with Gasteiger partial charge in [0, 0.05) is 30.2 Å². The first-order valence-corrected chi connectivity index (χ1v) is 6.13. The number of furan rings is 1. The molecular weight excluding hydrogens is 230 g/mol. The Morgan fingerprint density at radius 2 is 2.22 bits per heavy atom. The first-order valence-electron chi connectivity index (χ1n) is 6.13. The highest BCUT2D eigenvalue weighted by atomic mass is 16.3. The summed E-state index contributed by atoms with van der Waals surface area (Å²) in [4.78, 5) is 15.3. The summed E-state index contributed by atoms with van der Waals surface area (Å²) < 4.78 is 5.38. The molecule has 0 spiro atoms. The summed E-state index contributed by atoms with van der Waals surface area (Å²) in [6.07, 6.45) is 6.84. The van der Waals surface area contributed by atoms with Crippen molar-refractivity contribution in [1.29, 1.82) is 0 Å². The van der Waals surface area contributed by atoms with Gasteiger partial charge in [-0.25, -0.2) is 4.79 Å². The summed E-state index contributed by atoms with van der Waals surface area (Å²) in [6.45, 7) is 3.31. The molecule has 0 radical (unpaired) electrons. The zero-order chi connectivity index (χ0) is 12.8. The highest BCUT2D eigenvalue weighted by molar-refractivity contribution is 5.80. The van der Waals surface area contributed by atoms with Crippen LogP contribution in [-0.4, -0.2) is 24.1 Å². The Bertz CT molecular complexity index is 522. The number of nitrogens with zero attached hydrogens (tertiary/aromatic N) is 1. The number of fused-ring (bicyclic) bond motifs is 1. The van der Waals surface area contributed by atoms with Crippen molar-refractivity contribution >= 4 is 17.0 Å². The van der Waals surface area contributed by atoms with Gasteiger partial charge in [0.05, 0.1) is 12.5 Å². The molecule has 2 N–H and O–H groups in total. The lowest BCUT2D eigenvalue weighted by atomic mass is 10.1. The van der Waals surface area contributed by atoms with E-state index in [0.717, 1.165) is 29.4 Å². The van der Waals surface area contributed by atoms with Gasteiger partial charge in [0.25, 0.3) is 0 Å². The minimum atomic E-state index is -0.119. The molecule has 2 aromatic heterocycles. The molecule has 0 unspecified atom stereocenters. The number of rotatable bonds is 5. The minimum absolute atomic E-state index is 0.119. The van der Waals surface area contributed by atoms with Gasteiger partial charge in [-0.05, 0) is 18.9 Å². The van der Waals surface area contributed by atoms with Gasteiger partial charge in [-0.2, -0.15) is 0 Å². The largest absolute Gasteiger partial charge is 0.462 e. The third kappa shape index (κ3) is 3.00. The molecule has 2 amide bonds. The molecule has 0 saturated carbocycles. The number of aromatic nitrogens is 1. The van der Waals surface area contributed by atoms with Crippen LogP contribution in [0, 0.1) is 0 Å². The van der Waals surface area contributed by atoms with E-state index in [2.05, 4.69) is 15.6 Å². The van der Waals surface area contributed by atoms with Crippen LogP contribution in [0.4, 0.5) is 4.79 Å². The van der Waals surface area contributed by atoms with Gasteiger partial charge in [-0.3, -0.25) is 4.98 Å². The maximum absolute atomic E-state index is 11.3. The predicted molar refractivity (Wildman–Crippen MR) is 69.4 cm³/mol. The van der Waals surface area contributed by atoms with Crippen molar-refractivity contribution in [1.82, 2.24) is 15.6 Å². The van der Waals surface area contributed by atoms with Gasteiger partial charge >= 0.3 is 6.03 Å². The van der Waals surface area contributed by atoms with Gasteiger partial charge in [0.1, 0.15) is 0 Å². The van der Waals surface area contributed by atoms with Crippen molar-refractivity contribution in [3.05, 3.63) is 30.3 Å². The molecule has 0 fully saturated rings. The van der Waals surface area contributed by atoms with Crippen LogP contribution in [0.15, 0.2) is 29.1 Å². The molecule has 2 heterocycles. The molecular formula is C13H17N3O2. The van der Waals surface area contributed by atoms with Gasteiger partial charge in [0.2, 0.25) is 0 Å². The van der Waals surface area contributed by atoms with Crippen molar-refractivity contribution < 1.29 is 9.21 Å². The zero-order valence-corrected chi connectivity index (χ0v) is 10.4. The molecule has 0 aliphatic rings. The minimum Gasteiger partial charge on any atom is -0.462 e. The Hall–Kier alpha value is -2.04. The average molecular weight is 247 g/mol. The second-order valence-electron chi connectivity index (χ2n) is 4.07. The van der Waals surface area contributed by atoms with E-state index in [-0.39, 0.29) is 6.03 Å². The summed E-state index contributed by atoms with van der Waals surface area (Å²) in [6, 6.07) is 1.80. The molecule has 96 valence electrons. The Morgan fingerprint density at radius 3 is 3.06 bits per heavy atom. The quantitative estimate of drug-likeness (QED) is 0.850. The molecule has 0 aliphatic carbocycles. The molecule has 2 rings (SSSR count). The highest BCUT2D eigenvalue weighted by Crippen LogP contribution is 2.19. The van der Waals surface area contributed by atoms with E-state index >= 15 is 0 Å². The summed E-state index contributed by atoms with van der Waals surface area (Å²) >= 11 is 0. The first-order chi connectivity index (χ1) is 8.81. The number of carbonyl (C=O) groups excluding carboxylic acids is 1. The van der Waals surface area contributed by atoms with Crippen LogP contribution in [0.2, 0.25) is 0 Å². The highest BCUT2D eigenvalue weighted by Gasteiger charge is 2.05. The lowest BCUT2D eigenvalue weighted by Gasteiger charge is -2.05. The van der Waals surface area contributed by atoms with Crippen LogP contribution in [0.25, 0.3) is 11.0 Å². The van der Waals surface area contributed by atoms with E-state index < -0.39 is 0 Å². The lowest BCUT2D eigenvalue weighted by molar-refractivity contribution is 0.241. The second-order valence-corrected chi connectivity index (χ2v) is 4.07. The summed E-state index contributed by atoms with van der Waals surface area (Å²) in [5.41, 5.74) is 1.87. The van der Waals surface area contributed by atoms with E-state index in [4.69, 9.17) is 4.42 Å². The van der Waals surface area contributed by atoms with Crippen molar-refractivity contribution in [3.8, 4) is 0 Å². The zero-order valence-electron chi connectivity index (χ0n) is 10.4.